The maximum atomic E-state index is 12.6. The first kappa shape index (κ1) is 14.7. The van der Waals surface area contributed by atoms with E-state index in [0.717, 1.165) is 42.7 Å². The molecule has 1 aliphatic heterocycles. The number of amides is 1. The molecule has 1 aliphatic rings. The lowest BCUT2D eigenvalue weighted by molar-refractivity contribution is 0.0707. The van der Waals surface area contributed by atoms with Gasteiger partial charge in [-0.1, -0.05) is 0 Å². The van der Waals surface area contributed by atoms with E-state index in [1.807, 2.05) is 37.1 Å². The Labute approximate surface area is 130 Å². The monoisotopic (exact) mass is 299 g/mol. The third-order valence-corrected chi connectivity index (χ3v) is 4.30. The van der Waals surface area contributed by atoms with Gasteiger partial charge in [0.1, 0.15) is 12.7 Å². The number of aromatic nitrogens is 3. The zero-order valence-electron chi connectivity index (χ0n) is 13.0. The van der Waals surface area contributed by atoms with Crippen molar-refractivity contribution in [3.8, 4) is 5.69 Å². The van der Waals surface area contributed by atoms with Gasteiger partial charge in [0.15, 0.2) is 0 Å². The molecule has 1 saturated heterocycles. The summed E-state index contributed by atoms with van der Waals surface area (Å²) in [6, 6.07) is 6.26. The van der Waals surface area contributed by atoms with Gasteiger partial charge >= 0.3 is 0 Å². The molecule has 0 saturated carbocycles. The average molecular weight is 299 g/mol. The molecule has 0 bridgehead atoms. The Kier molecular flexibility index (Phi) is 4.20. The molecule has 6 nitrogen and oxygen atoms in total. The van der Waals surface area contributed by atoms with E-state index in [1.165, 1.54) is 6.33 Å². The van der Waals surface area contributed by atoms with Gasteiger partial charge in [0.05, 0.1) is 5.69 Å². The van der Waals surface area contributed by atoms with E-state index in [0.29, 0.717) is 6.04 Å². The minimum atomic E-state index is 0.114. The van der Waals surface area contributed by atoms with E-state index < -0.39 is 0 Å². The number of carbonyl (C=O) groups excluding carboxylic acids is 1. The van der Waals surface area contributed by atoms with Gasteiger partial charge in [0.2, 0.25) is 0 Å². The molecule has 0 atom stereocenters. The molecule has 1 aromatic heterocycles. The van der Waals surface area contributed by atoms with Gasteiger partial charge in [0, 0.05) is 24.7 Å². The zero-order valence-corrected chi connectivity index (χ0v) is 13.0. The second kappa shape index (κ2) is 6.27. The Morgan fingerprint density at radius 3 is 2.68 bits per heavy atom. The second-order valence-electron chi connectivity index (χ2n) is 5.70. The first-order valence-electron chi connectivity index (χ1n) is 7.61. The van der Waals surface area contributed by atoms with Gasteiger partial charge in [-0.2, -0.15) is 5.10 Å². The number of carbonyl (C=O) groups is 1. The molecule has 1 amide bonds. The molecule has 2 heterocycles. The summed E-state index contributed by atoms with van der Waals surface area (Å²) in [6.45, 7) is 3.61. The first-order chi connectivity index (χ1) is 10.7. The van der Waals surface area contributed by atoms with E-state index in [4.69, 9.17) is 0 Å². The summed E-state index contributed by atoms with van der Waals surface area (Å²) in [4.78, 5) is 18.5. The number of benzene rings is 1. The van der Waals surface area contributed by atoms with Crippen molar-refractivity contribution >= 4 is 5.91 Å². The molecular weight excluding hydrogens is 278 g/mol. The number of rotatable bonds is 3. The highest BCUT2D eigenvalue weighted by atomic mass is 16.2. The lowest BCUT2D eigenvalue weighted by Crippen LogP contribution is -2.43. The van der Waals surface area contributed by atoms with Crippen molar-refractivity contribution in [1.29, 1.82) is 0 Å². The summed E-state index contributed by atoms with van der Waals surface area (Å²) in [5.41, 5.74) is 2.70. The van der Waals surface area contributed by atoms with Crippen molar-refractivity contribution in [3.63, 3.8) is 0 Å². The van der Waals surface area contributed by atoms with Crippen LogP contribution in [0.25, 0.3) is 5.69 Å². The molecule has 0 radical (unpaired) electrons. The minimum Gasteiger partial charge on any atom is -0.339 e. The van der Waals surface area contributed by atoms with E-state index in [1.54, 1.807) is 11.0 Å². The highest BCUT2D eigenvalue weighted by molar-refractivity contribution is 5.94. The fourth-order valence-corrected chi connectivity index (χ4v) is 2.93. The standard InChI is InChI=1S/C16H21N5O/c1-12-9-13(3-4-15(12)21-11-18-10-19-21)16(22)20-7-5-14(17-2)6-8-20/h3-4,9-11,14,17H,5-8H2,1-2H3. The Balaban J connectivity index is 1.75. The first-order valence-corrected chi connectivity index (χ1v) is 7.61. The highest BCUT2D eigenvalue weighted by Crippen LogP contribution is 2.18. The van der Waals surface area contributed by atoms with Crippen molar-refractivity contribution in [1.82, 2.24) is 25.0 Å². The SMILES string of the molecule is CNC1CCN(C(=O)c2ccc(-n3cncn3)c(C)c2)CC1. The molecule has 0 unspecified atom stereocenters. The van der Waals surface area contributed by atoms with Crippen LogP contribution in [0.15, 0.2) is 30.9 Å². The normalized spacial score (nSPS) is 16.0. The smallest absolute Gasteiger partial charge is 0.253 e. The van der Waals surface area contributed by atoms with E-state index in [2.05, 4.69) is 15.4 Å². The summed E-state index contributed by atoms with van der Waals surface area (Å²) >= 11 is 0. The molecule has 1 aromatic carbocycles. The lowest BCUT2D eigenvalue weighted by Gasteiger charge is -2.32. The zero-order chi connectivity index (χ0) is 15.5. The molecule has 6 heteroatoms. The van der Waals surface area contributed by atoms with Crippen molar-refractivity contribution in [2.45, 2.75) is 25.8 Å². The van der Waals surface area contributed by atoms with E-state index in [-0.39, 0.29) is 5.91 Å². The van der Waals surface area contributed by atoms with Gasteiger partial charge < -0.3 is 10.2 Å². The summed E-state index contributed by atoms with van der Waals surface area (Å²) < 4.78 is 1.71. The van der Waals surface area contributed by atoms with Gasteiger partial charge in [-0.15, -0.1) is 0 Å². The number of piperidine rings is 1. The summed E-state index contributed by atoms with van der Waals surface area (Å²) in [6.07, 6.45) is 5.19. The van der Waals surface area contributed by atoms with Crippen molar-refractivity contribution in [3.05, 3.63) is 42.0 Å². The fourth-order valence-electron chi connectivity index (χ4n) is 2.93. The van der Waals surface area contributed by atoms with Crippen LogP contribution in [-0.4, -0.2) is 51.8 Å². The molecular formula is C16H21N5O. The molecule has 1 N–H and O–H groups in total. The Hall–Kier alpha value is -2.21. The molecule has 1 fully saturated rings. The van der Waals surface area contributed by atoms with Crippen LogP contribution >= 0.6 is 0 Å². The number of aryl methyl sites for hydroxylation is 1. The van der Waals surface area contributed by atoms with Crippen LogP contribution in [-0.2, 0) is 0 Å². The Bertz CT molecular complexity index is 645. The topological polar surface area (TPSA) is 63.1 Å². The largest absolute Gasteiger partial charge is 0.339 e. The van der Waals surface area contributed by atoms with Gasteiger partial charge in [0.25, 0.3) is 5.91 Å². The number of nitrogens with one attached hydrogen (secondary N) is 1. The molecule has 0 aliphatic carbocycles. The Morgan fingerprint density at radius 1 is 1.32 bits per heavy atom. The average Bonchev–Trinajstić information content (AvgIpc) is 3.08. The number of nitrogens with zero attached hydrogens (tertiary/aromatic N) is 4. The second-order valence-corrected chi connectivity index (χ2v) is 5.70. The van der Waals surface area contributed by atoms with Crippen LogP contribution in [0, 0.1) is 6.92 Å². The van der Waals surface area contributed by atoms with Crippen molar-refractivity contribution < 1.29 is 4.79 Å². The van der Waals surface area contributed by atoms with Crippen LogP contribution < -0.4 is 5.32 Å². The van der Waals surface area contributed by atoms with Crippen molar-refractivity contribution in [2.24, 2.45) is 0 Å². The fraction of sp³-hybridized carbons (Fsp3) is 0.438. The van der Waals surface area contributed by atoms with Crippen molar-refractivity contribution in [2.75, 3.05) is 20.1 Å². The Morgan fingerprint density at radius 2 is 2.09 bits per heavy atom. The summed E-state index contributed by atoms with van der Waals surface area (Å²) in [7, 11) is 1.98. The maximum absolute atomic E-state index is 12.6. The van der Waals surface area contributed by atoms with Crippen LogP contribution in [0.3, 0.4) is 0 Å². The number of hydrogen-bond donors (Lipinski definition) is 1. The van der Waals surface area contributed by atoms with Crippen LogP contribution in [0.1, 0.15) is 28.8 Å². The summed E-state index contributed by atoms with van der Waals surface area (Å²) in [5.74, 6) is 0.114. The molecule has 22 heavy (non-hydrogen) atoms. The van der Waals surface area contributed by atoms with Crippen LogP contribution in [0.4, 0.5) is 0 Å². The summed E-state index contributed by atoms with van der Waals surface area (Å²) in [5, 5.41) is 7.41. The van der Waals surface area contributed by atoms with E-state index >= 15 is 0 Å². The van der Waals surface area contributed by atoms with E-state index in [9.17, 15) is 4.79 Å². The minimum absolute atomic E-state index is 0.114. The number of hydrogen-bond acceptors (Lipinski definition) is 4. The number of likely N-dealkylation sites (tertiary alicyclic amines) is 1. The molecule has 2 aromatic rings. The third kappa shape index (κ3) is 2.87. The predicted molar refractivity (Wildman–Crippen MR) is 84.1 cm³/mol. The van der Waals surface area contributed by atoms with Gasteiger partial charge in [-0.05, 0) is 50.6 Å². The molecule has 0 spiro atoms. The third-order valence-electron chi connectivity index (χ3n) is 4.30. The van der Waals surface area contributed by atoms with Gasteiger partial charge in [-0.3, -0.25) is 4.79 Å². The molecule has 116 valence electrons. The lowest BCUT2D eigenvalue weighted by atomic mass is 10.0. The highest BCUT2D eigenvalue weighted by Gasteiger charge is 2.23. The maximum Gasteiger partial charge on any atom is 0.253 e. The quantitative estimate of drug-likeness (QED) is 0.930. The van der Waals surface area contributed by atoms with Crippen LogP contribution in [0.2, 0.25) is 0 Å². The molecule has 3 rings (SSSR count). The van der Waals surface area contributed by atoms with Crippen LogP contribution in [0.5, 0.6) is 0 Å². The predicted octanol–water partition coefficient (Wildman–Crippen LogP) is 1.40. The van der Waals surface area contributed by atoms with Gasteiger partial charge in [-0.25, -0.2) is 9.67 Å².